The maximum absolute atomic E-state index is 12.4. The number of rotatable bonds is 6. The van der Waals surface area contributed by atoms with E-state index in [1.54, 1.807) is 30.5 Å². The third kappa shape index (κ3) is 4.84. The van der Waals surface area contributed by atoms with Crippen LogP contribution in [0.25, 0.3) is 0 Å². The van der Waals surface area contributed by atoms with Crippen molar-refractivity contribution in [3.05, 3.63) is 47.8 Å². The highest BCUT2D eigenvalue weighted by Gasteiger charge is 2.49. The number of Topliss-reactive ketones (excluding diaryl/α,β-unsaturated/α-hetero) is 1. The smallest absolute Gasteiger partial charge is 0.412 e. The van der Waals surface area contributed by atoms with Crippen molar-refractivity contribution in [3.8, 4) is 0 Å². The minimum absolute atomic E-state index is 0.0320. The van der Waals surface area contributed by atoms with Gasteiger partial charge in [0.15, 0.2) is 11.9 Å². The largest absolute Gasteiger partial charge is 0.441 e. The van der Waals surface area contributed by atoms with Gasteiger partial charge in [-0.15, -0.1) is 0 Å². The zero-order valence-electron chi connectivity index (χ0n) is 18.5. The Morgan fingerprint density at radius 1 is 1.03 bits per heavy atom. The van der Waals surface area contributed by atoms with E-state index in [2.05, 4.69) is 15.6 Å². The van der Waals surface area contributed by atoms with E-state index in [1.807, 2.05) is 6.07 Å². The van der Waals surface area contributed by atoms with E-state index in [4.69, 9.17) is 19.2 Å². The summed E-state index contributed by atoms with van der Waals surface area (Å²) in [4.78, 5) is 32.8. The number of nitrogens with one attached hydrogen (secondary N) is 2. The van der Waals surface area contributed by atoms with Crippen LogP contribution < -0.4 is 10.6 Å². The van der Waals surface area contributed by atoms with E-state index in [9.17, 15) is 9.59 Å². The number of fused-ring (bicyclic) bond motifs is 1. The molecule has 1 aliphatic carbocycles. The third-order valence-corrected chi connectivity index (χ3v) is 6.57. The highest BCUT2D eigenvalue weighted by Crippen LogP contribution is 2.34. The summed E-state index contributed by atoms with van der Waals surface area (Å²) in [6.07, 6.45) is 4.95. The van der Waals surface area contributed by atoms with Gasteiger partial charge in [0.25, 0.3) is 0 Å². The lowest BCUT2D eigenvalue weighted by atomic mass is 10.0. The zero-order chi connectivity index (χ0) is 22.8. The van der Waals surface area contributed by atoms with E-state index in [-0.39, 0.29) is 30.6 Å². The maximum Gasteiger partial charge on any atom is 0.412 e. The Bertz CT molecular complexity index is 1010. The summed E-state index contributed by atoms with van der Waals surface area (Å²) in [6.45, 7) is 2.17. The van der Waals surface area contributed by atoms with E-state index >= 15 is 0 Å². The molecule has 3 fully saturated rings. The first-order chi connectivity index (χ1) is 16.1. The van der Waals surface area contributed by atoms with E-state index in [0.717, 1.165) is 5.69 Å². The van der Waals surface area contributed by atoms with E-state index in [1.165, 1.54) is 32.6 Å². The van der Waals surface area contributed by atoms with Crippen LogP contribution in [-0.2, 0) is 14.2 Å². The second-order valence-electron chi connectivity index (χ2n) is 8.84. The van der Waals surface area contributed by atoms with Crippen molar-refractivity contribution in [1.29, 1.82) is 0 Å². The molecule has 1 aromatic carbocycles. The van der Waals surface area contributed by atoms with Gasteiger partial charge in [0.1, 0.15) is 12.2 Å². The van der Waals surface area contributed by atoms with Gasteiger partial charge >= 0.3 is 6.09 Å². The van der Waals surface area contributed by atoms with Gasteiger partial charge < -0.3 is 19.5 Å². The lowest BCUT2D eigenvalue weighted by Gasteiger charge is -2.18. The quantitative estimate of drug-likeness (QED) is 0.640. The first-order valence-corrected chi connectivity index (χ1v) is 11.5. The molecule has 4 atom stereocenters. The van der Waals surface area contributed by atoms with Crippen LogP contribution in [-0.4, -0.2) is 59.4 Å². The van der Waals surface area contributed by atoms with Crippen LogP contribution in [0.4, 0.5) is 16.4 Å². The minimum atomic E-state index is -0.590. The minimum Gasteiger partial charge on any atom is -0.441 e. The molecule has 0 spiro atoms. The molecule has 9 nitrogen and oxygen atoms in total. The molecule has 2 N–H and O–H groups in total. The molecule has 3 heterocycles. The van der Waals surface area contributed by atoms with Gasteiger partial charge in [-0.25, -0.2) is 14.8 Å². The van der Waals surface area contributed by atoms with Crippen molar-refractivity contribution < 1.29 is 23.8 Å². The van der Waals surface area contributed by atoms with Crippen molar-refractivity contribution in [1.82, 2.24) is 9.97 Å². The average Bonchev–Trinajstić information content (AvgIpc) is 3.55. The fraction of sp³-hybridized carbons (Fsp3) is 0.500. The fourth-order valence-corrected chi connectivity index (χ4v) is 4.82. The Hall–Kier alpha value is -3.04. The van der Waals surface area contributed by atoms with Gasteiger partial charge in [0.05, 0.1) is 19.3 Å². The lowest BCUT2D eigenvalue weighted by Crippen LogP contribution is -2.38. The van der Waals surface area contributed by atoms with Gasteiger partial charge in [-0.3, -0.25) is 10.1 Å². The summed E-state index contributed by atoms with van der Waals surface area (Å²) in [7, 11) is 0. The number of carbonyl (C=O) groups excluding carboxylic acids is 2. The second-order valence-corrected chi connectivity index (χ2v) is 8.84. The number of hydrogen-bond donors (Lipinski definition) is 2. The number of nitrogens with zero attached hydrogens (tertiary/aromatic N) is 2. The second kappa shape index (κ2) is 9.44. The van der Waals surface area contributed by atoms with E-state index in [0.29, 0.717) is 29.7 Å². The van der Waals surface area contributed by atoms with Crippen LogP contribution in [0.3, 0.4) is 0 Å². The summed E-state index contributed by atoms with van der Waals surface area (Å²) < 4.78 is 17.4. The maximum atomic E-state index is 12.4. The molecule has 33 heavy (non-hydrogen) atoms. The Morgan fingerprint density at radius 2 is 1.79 bits per heavy atom. The molecule has 4 unspecified atom stereocenters. The molecular formula is C24H28N4O5. The number of ketones is 1. The molecule has 0 bridgehead atoms. The molecule has 1 aromatic heterocycles. The molecule has 3 aliphatic rings. The first kappa shape index (κ1) is 21.8. The molecule has 2 aliphatic heterocycles. The van der Waals surface area contributed by atoms with Gasteiger partial charge in [0, 0.05) is 29.1 Å². The highest BCUT2D eigenvalue weighted by atomic mass is 16.6. The highest BCUT2D eigenvalue weighted by molar-refractivity contribution is 5.94. The summed E-state index contributed by atoms with van der Waals surface area (Å²) in [5, 5.41) is 6.03. The van der Waals surface area contributed by atoms with Crippen LogP contribution >= 0.6 is 0 Å². The van der Waals surface area contributed by atoms with Crippen molar-refractivity contribution >= 4 is 23.5 Å². The van der Waals surface area contributed by atoms with E-state index < -0.39 is 12.2 Å². The van der Waals surface area contributed by atoms with Crippen LogP contribution in [0.5, 0.6) is 0 Å². The number of carbonyl (C=O) groups is 2. The van der Waals surface area contributed by atoms with Crippen LogP contribution in [0, 0.1) is 0 Å². The number of aromatic nitrogens is 2. The lowest BCUT2D eigenvalue weighted by molar-refractivity contribution is 0.00917. The summed E-state index contributed by atoms with van der Waals surface area (Å²) >= 11 is 0. The molecule has 0 radical (unpaired) electrons. The monoisotopic (exact) mass is 452 g/mol. The number of ether oxygens (including phenoxy) is 3. The van der Waals surface area contributed by atoms with Crippen molar-refractivity contribution in [3.63, 3.8) is 0 Å². The SMILES string of the molecule is CC(=O)c1ccc(NC(=O)OC2COC3C(Nc4nccc(C5CCCC5)n4)COC23)cc1. The van der Waals surface area contributed by atoms with Crippen molar-refractivity contribution in [2.75, 3.05) is 23.8 Å². The number of benzene rings is 1. The van der Waals surface area contributed by atoms with Gasteiger partial charge in [0.2, 0.25) is 5.95 Å². The molecule has 9 heteroatoms. The van der Waals surface area contributed by atoms with Crippen LogP contribution in [0.15, 0.2) is 36.5 Å². The Kier molecular flexibility index (Phi) is 6.24. The molecule has 174 valence electrons. The van der Waals surface area contributed by atoms with Crippen molar-refractivity contribution in [2.24, 2.45) is 0 Å². The predicted octanol–water partition coefficient (Wildman–Crippen LogP) is 3.53. The molecule has 2 aromatic rings. The summed E-state index contributed by atoms with van der Waals surface area (Å²) in [5.41, 5.74) is 2.21. The molecule has 1 amide bonds. The van der Waals surface area contributed by atoms with Gasteiger partial charge in [-0.1, -0.05) is 12.8 Å². The zero-order valence-corrected chi connectivity index (χ0v) is 18.5. The Labute approximate surface area is 192 Å². The third-order valence-electron chi connectivity index (χ3n) is 6.57. The number of anilines is 2. The number of amides is 1. The summed E-state index contributed by atoms with van der Waals surface area (Å²) in [6, 6.07) is 8.52. The Morgan fingerprint density at radius 3 is 2.55 bits per heavy atom. The first-order valence-electron chi connectivity index (χ1n) is 11.5. The Balaban J connectivity index is 1.15. The average molecular weight is 453 g/mol. The predicted molar refractivity (Wildman–Crippen MR) is 120 cm³/mol. The topological polar surface area (TPSA) is 112 Å². The molecule has 1 saturated carbocycles. The van der Waals surface area contributed by atoms with Crippen molar-refractivity contribution in [2.45, 2.75) is 62.9 Å². The molecule has 5 rings (SSSR count). The van der Waals surface area contributed by atoms with Crippen LogP contribution in [0.1, 0.15) is 54.6 Å². The normalized spacial score (nSPS) is 26.7. The number of hydrogen-bond acceptors (Lipinski definition) is 8. The summed E-state index contributed by atoms with van der Waals surface area (Å²) in [5.74, 6) is 1.06. The standard InChI is InChI=1S/C24H28N4O5/c1-14(29)15-6-8-17(9-7-15)26-24(30)33-20-13-32-21-19(12-31-22(20)21)28-23-25-11-10-18(27-23)16-4-2-3-5-16/h6-11,16,19-22H,2-5,12-13H2,1H3,(H,26,30)(H,25,27,28). The fourth-order valence-electron chi connectivity index (χ4n) is 4.82. The van der Waals surface area contributed by atoms with Gasteiger partial charge in [-0.05, 0) is 50.1 Å². The van der Waals surface area contributed by atoms with Crippen LogP contribution in [0.2, 0.25) is 0 Å². The molecular weight excluding hydrogens is 424 g/mol. The van der Waals surface area contributed by atoms with Gasteiger partial charge in [-0.2, -0.15) is 0 Å². The molecule has 2 saturated heterocycles.